The van der Waals surface area contributed by atoms with Crippen LogP contribution in [-0.2, 0) is 0 Å². The summed E-state index contributed by atoms with van der Waals surface area (Å²) in [6, 6.07) is 15.9. The van der Waals surface area contributed by atoms with Gasteiger partial charge in [0.2, 0.25) is 5.91 Å². The molecule has 26 heavy (non-hydrogen) atoms. The Hall–Kier alpha value is -2.62. The third-order valence-electron chi connectivity index (χ3n) is 5.73. The average molecular weight is 348 g/mol. The van der Waals surface area contributed by atoms with Crippen molar-refractivity contribution in [1.82, 2.24) is 4.90 Å². The number of nitrogens with two attached hydrogens (primary N) is 1. The number of nitrogens with zero attached hydrogens (tertiary/aromatic N) is 1. The Morgan fingerprint density at radius 2 is 1.54 bits per heavy atom. The predicted octanol–water partition coefficient (Wildman–Crippen LogP) is 3.64. The van der Waals surface area contributed by atoms with Gasteiger partial charge in [0.05, 0.1) is 0 Å². The SMILES string of the molecule is Cc1ccccc1C1CC(N(C(=O)c2ccc(C(N)=O)cc2)C2CC2)C1. The second kappa shape index (κ2) is 6.60. The van der Waals surface area contributed by atoms with Gasteiger partial charge in [0.1, 0.15) is 0 Å². The van der Waals surface area contributed by atoms with Gasteiger partial charge in [-0.3, -0.25) is 9.59 Å². The molecule has 2 aromatic rings. The number of rotatable bonds is 5. The van der Waals surface area contributed by atoms with E-state index in [1.165, 1.54) is 11.1 Å². The zero-order valence-electron chi connectivity index (χ0n) is 15.0. The van der Waals surface area contributed by atoms with Crippen molar-refractivity contribution in [3.8, 4) is 0 Å². The molecule has 2 aliphatic rings. The Balaban J connectivity index is 1.48. The van der Waals surface area contributed by atoms with Crippen LogP contribution >= 0.6 is 0 Å². The molecule has 0 spiro atoms. The number of hydrogen-bond acceptors (Lipinski definition) is 2. The van der Waals surface area contributed by atoms with E-state index in [4.69, 9.17) is 5.73 Å². The van der Waals surface area contributed by atoms with Crippen LogP contribution in [0.3, 0.4) is 0 Å². The number of primary amides is 1. The maximum Gasteiger partial charge on any atom is 0.254 e. The van der Waals surface area contributed by atoms with E-state index in [1.807, 2.05) is 0 Å². The highest BCUT2D eigenvalue weighted by Crippen LogP contribution is 2.44. The zero-order chi connectivity index (χ0) is 18.3. The van der Waals surface area contributed by atoms with Crippen LogP contribution in [0.15, 0.2) is 48.5 Å². The lowest BCUT2D eigenvalue weighted by molar-refractivity contribution is 0.0516. The first-order valence-electron chi connectivity index (χ1n) is 9.32. The predicted molar refractivity (Wildman–Crippen MR) is 101 cm³/mol. The van der Waals surface area contributed by atoms with Gasteiger partial charge in [-0.15, -0.1) is 0 Å². The minimum Gasteiger partial charge on any atom is -0.366 e. The molecular weight excluding hydrogens is 324 g/mol. The second-order valence-electron chi connectivity index (χ2n) is 7.56. The monoisotopic (exact) mass is 348 g/mol. The van der Waals surface area contributed by atoms with Gasteiger partial charge in [0.15, 0.2) is 0 Å². The van der Waals surface area contributed by atoms with Gasteiger partial charge in [0.25, 0.3) is 5.91 Å². The number of carbonyl (C=O) groups is 2. The van der Waals surface area contributed by atoms with E-state index < -0.39 is 5.91 Å². The molecule has 2 aromatic carbocycles. The van der Waals surface area contributed by atoms with Crippen molar-refractivity contribution in [2.45, 2.75) is 50.6 Å². The lowest BCUT2D eigenvalue weighted by Crippen LogP contribution is -2.48. The summed E-state index contributed by atoms with van der Waals surface area (Å²) in [6.45, 7) is 2.16. The maximum atomic E-state index is 13.1. The summed E-state index contributed by atoms with van der Waals surface area (Å²) in [5.41, 5.74) is 9.11. The Morgan fingerprint density at radius 1 is 0.923 bits per heavy atom. The summed E-state index contributed by atoms with van der Waals surface area (Å²) in [4.78, 5) is 26.4. The van der Waals surface area contributed by atoms with Crippen molar-refractivity contribution in [3.63, 3.8) is 0 Å². The van der Waals surface area contributed by atoms with Crippen LogP contribution < -0.4 is 5.73 Å². The quantitative estimate of drug-likeness (QED) is 0.896. The first kappa shape index (κ1) is 16.8. The highest BCUT2D eigenvalue weighted by Gasteiger charge is 2.43. The van der Waals surface area contributed by atoms with Gasteiger partial charge in [0, 0.05) is 23.2 Å². The van der Waals surface area contributed by atoms with Crippen molar-refractivity contribution in [3.05, 3.63) is 70.8 Å². The molecule has 0 radical (unpaired) electrons. The van der Waals surface area contributed by atoms with Gasteiger partial charge < -0.3 is 10.6 Å². The van der Waals surface area contributed by atoms with E-state index in [-0.39, 0.29) is 5.91 Å². The van der Waals surface area contributed by atoms with Crippen LogP contribution in [0.25, 0.3) is 0 Å². The first-order chi connectivity index (χ1) is 12.5. The van der Waals surface area contributed by atoms with E-state index in [0.717, 1.165) is 25.7 Å². The normalized spacial score (nSPS) is 21.7. The summed E-state index contributed by atoms with van der Waals surface area (Å²) in [5.74, 6) is 0.160. The summed E-state index contributed by atoms with van der Waals surface area (Å²) in [6.07, 6.45) is 4.26. The smallest absolute Gasteiger partial charge is 0.254 e. The Kier molecular flexibility index (Phi) is 4.27. The lowest BCUT2D eigenvalue weighted by atomic mass is 9.73. The van der Waals surface area contributed by atoms with Crippen LogP contribution in [-0.4, -0.2) is 28.8 Å². The van der Waals surface area contributed by atoms with Gasteiger partial charge >= 0.3 is 0 Å². The van der Waals surface area contributed by atoms with E-state index in [1.54, 1.807) is 24.3 Å². The standard InChI is InChI=1S/C22H24N2O2/c1-14-4-2-3-5-20(14)17-12-19(13-17)24(18-10-11-18)22(26)16-8-6-15(7-9-16)21(23)25/h2-9,17-19H,10-13H2,1H3,(H2,23,25). The highest BCUT2D eigenvalue weighted by molar-refractivity contribution is 5.97. The van der Waals surface area contributed by atoms with Gasteiger partial charge in [-0.1, -0.05) is 24.3 Å². The van der Waals surface area contributed by atoms with Crippen molar-refractivity contribution >= 4 is 11.8 Å². The molecule has 0 heterocycles. The molecule has 0 bridgehead atoms. The van der Waals surface area contributed by atoms with Crippen LogP contribution in [0.4, 0.5) is 0 Å². The largest absolute Gasteiger partial charge is 0.366 e. The van der Waals surface area contributed by atoms with Gasteiger partial charge in [-0.25, -0.2) is 0 Å². The molecule has 2 fully saturated rings. The number of hydrogen-bond donors (Lipinski definition) is 1. The molecule has 2 amide bonds. The van der Waals surface area contributed by atoms with Crippen LogP contribution in [0.2, 0.25) is 0 Å². The molecule has 2 saturated carbocycles. The third kappa shape index (κ3) is 3.12. The molecule has 4 rings (SSSR count). The second-order valence-corrected chi connectivity index (χ2v) is 7.56. The number of amides is 2. The zero-order valence-corrected chi connectivity index (χ0v) is 15.0. The highest BCUT2D eigenvalue weighted by atomic mass is 16.2. The van der Waals surface area contributed by atoms with E-state index in [0.29, 0.717) is 29.1 Å². The van der Waals surface area contributed by atoms with Gasteiger partial charge in [-0.2, -0.15) is 0 Å². The summed E-state index contributed by atoms with van der Waals surface area (Å²) < 4.78 is 0. The lowest BCUT2D eigenvalue weighted by Gasteiger charge is -2.44. The molecule has 4 nitrogen and oxygen atoms in total. The fourth-order valence-electron chi connectivity index (χ4n) is 4.02. The summed E-state index contributed by atoms with van der Waals surface area (Å²) in [5, 5.41) is 0. The van der Waals surface area contributed by atoms with Gasteiger partial charge in [-0.05, 0) is 73.9 Å². The van der Waals surface area contributed by atoms with E-state index in [2.05, 4.69) is 36.1 Å². The molecule has 0 aliphatic heterocycles. The van der Waals surface area contributed by atoms with E-state index in [9.17, 15) is 9.59 Å². The Morgan fingerprint density at radius 3 is 2.12 bits per heavy atom. The van der Waals surface area contributed by atoms with Crippen LogP contribution in [0, 0.1) is 6.92 Å². The maximum absolute atomic E-state index is 13.1. The van der Waals surface area contributed by atoms with E-state index >= 15 is 0 Å². The van der Waals surface area contributed by atoms with Crippen molar-refractivity contribution < 1.29 is 9.59 Å². The van der Waals surface area contributed by atoms with Crippen molar-refractivity contribution in [1.29, 1.82) is 0 Å². The minimum absolute atomic E-state index is 0.0803. The molecule has 0 atom stereocenters. The number of carbonyl (C=O) groups excluding carboxylic acids is 2. The fourth-order valence-corrected chi connectivity index (χ4v) is 4.02. The summed E-state index contributed by atoms with van der Waals surface area (Å²) >= 11 is 0. The van der Waals surface area contributed by atoms with Crippen molar-refractivity contribution in [2.75, 3.05) is 0 Å². The topological polar surface area (TPSA) is 63.4 Å². The molecule has 134 valence electrons. The molecule has 4 heteroatoms. The van der Waals surface area contributed by atoms with Crippen LogP contribution in [0.5, 0.6) is 0 Å². The molecule has 2 aliphatic carbocycles. The Labute approximate surface area is 154 Å². The van der Waals surface area contributed by atoms with Crippen LogP contribution in [0.1, 0.15) is 63.4 Å². The Bertz CT molecular complexity index is 833. The summed E-state index contributed by atoms with van der Waals surface area (Å²) in [7, 11) is 0. The van der Waals surface area contributed by atoms with Crippen molar-refractivity contribution in [2.24, 2.45) is 5.73 Å². The fraction of sp³-hybridized carbons (Fsp3) is 0.364. The number of benzene rings is 2. The molecule has 0 aromatic heterocycles. The average Bonchev–Trinajstić information content (AvgIpc) is 3.43. The molecule has 2 N–H and O–H groups in total. The molecule has 0 saturated heterocycles. The molecular formula is C22H24N2O2. The number of aryl methyl sites for hydroxylation is 1. The molecule has 0 unspecified atom stereocenters. The third-order valence-corrected chi connectivity index (χ3v) is 5.73. The minimum atomic E-state index is -0.469. The first-order valence-corrected chi connectivity index (χ1v) is 9.32.